The Balaban J connectivity index is 1.51. The number of amides is 2. The van der Waals surface area contributed by atoms with E-state index in [1.807, 2.05) is 34.1 Å². The van der Waals surface area contributed by atoms with Gasteiger partial charge in [0.25, 0.3) is 0 Å². The van der Waals surface area contributed by atoms with Gasteiger partial charge in [-0.05, 0) is 30.5 Å². The molecule has 1 aromatic carbocycles. The second kappa shape index (κ2) is 9.89. The third-order valence-electron chi connectivity index (χ3n) is 5.67. The lowest BCUT2D eigenvalue weighted by atomic mass is 10.1. The fourth-order valence-corrected chi connectivity index (χ4v) is 4.01. The first kappa shape index (κ1) is 20.6. The van der Waals surface area contributed by atoms with E-state index in [2.05, 4.69) is 4.90 Å². The minimum atomic E-state index is -0.0477. The first-order chi connectivity index (χ1) is 13.6. The Morgan fingerprint density at radius 2 is 1.86 bits per heavy atom. The molecule has 3 rings (SSSR count). The molecule has 7 nitrogen and oxygen atoms in total. The van der Waals surface area contributed by atoms with Crippen LogP contribution in [-0.2, 0) is 20.7 Å². The molecule has 2 heterocycles. The Morgan fingerprint density at radius 3 is 2.57 bits per heavy atom. The zero-order chi connectivity index (χ0) is 19.9. The number of methoxy groups -OCH3 is 2. The van der Waals surface area contributed by atoms with E-state index in [0.29, 0.717) is 26.1 Å². The van der Waals surface area contributed by atoms with Gasteiger partial charge in [-0.1, -0.05) is 12.1 Å². The summed E-state index contributed by atoms with van der Waals surface area (Å²) in [5.74, 6) is 1.14. The van der Waals surface area contributed by atoms with Gasteiger partial charge >= 0.3 is 0 Å². The lowest BCUT2D eigenvalue weighted by Crippen LogP contribution is -2.44. The maximum atomic E-state index is 12.7. The number of hydrogen-bond acceptors (Lipinski definition) is 5. The van der Waals surface area contributed by atoms with E-state index < -0.39 is 0 Å². The van der Waals surface area contributed by atoms with Crippen molar-refractivity contribution in [2.45, 2.75) is 25.3 Å². The van der Waals surface area contributed by atoms with Gasteiger partial charge in [-0.15, -0.1) is 0 Å². The molecule has 154 valence electrons. The van der Waals surface area contributed by atoms with Crippen molar-refractivity contribution in [1.82, 2.24) is 14.7 Å². The summed E-state index contributed by atoms with van der Waals surface area (Å²) in [6.07, 6.45) is 2.16. The zero-order valence-electron chi connectivity index (χ0n) is 16.9. The minimum Gasteiger partial charge on any atom is -0.497 e. The third kappa shape index (κ3) is 5.02. The molecular formula is C21H31N3O4. The number of benzene rings is 1. The van der Waals surface area contributed by atoms with Crippen LogP contribution in [0.15, 0.2) is 24.3 Å². The SMILES string of the molecule is COCCN1CC[C@@H](N2CCCN(C(=O)Cc3ccc(OC)cc3)CC2)C1=O. The van der Waals surface area contributed by atoms with Crippen LogP contribution in [0.1, 0.15) is 18.4 Å². The third-order valence-corrected chi connectivity index (χ3v) is 5.67. The Bertz CT molecular complexity index is 664. The van der Waals surface area contributed by atoms with Crippen molar-refractivity contribution >= 4 is 11.8 Å². The summed E-state index contributed by atoms with van der Waals surface area (Å²) in [4.78, 5) is 31.5. The molecule has 0 N–H and O–H groups in total. The molecule has 2 aliphatic rings. The standard InChI is InChI=1S/C21H31N3O4/c1-27-15-14-24-11-8-19(21(24)26)22-9-3-10-23(13-12-22)20(25)16-17-4-6-18(28-2)7-5-17/h4-7,19H,3,8-16H2,1-2H3/t19-/m1/s1. The molecule has 0 aliphatic carbocycles. The van der Waals surface area contributed by atoms with Gasteiger partial charge in [-0.2, -0.15) is 0 Å². The average Bonchev–Trinajstić information content (AvgIpc) is 2.92. The molecule has 7 heteroatoms. The van der Waals surface area contributed by atoms with E-state index in [9.17, 15) is 9.59 Å². The van der Waals surface area contributed by atoms with Crippen molar-refractivity contribution in [1.29, 1.82) is 0 Å². The van der Waals surface area contributed by atoms with Crippen LogP contribution in [0.25, 0.3) is 0 Å². The van der Waals surface area contributed by atoms with E-state index >= 15 is 0 Å². The van der Waals surface area contributed by atoms with Crippen LogP contribution in [0.4, 0.5) is 0 Å². The van der Waals surface area contributed by atoms with E-state index in [1.54, 1.807) is 14.2 Å². The monoisotopic (exact) mass is 389 g/mol. The summed E-state index contributed by atoms with van der Waals surface area (Å²) in [6, 6.07) is 7.59. The van der Waals surface area contributed by atoms with Crippen molar-refractivity contribution < 1.29 is 19.1 Å². The summed E-state index contributed by atoms with van der Waals surface area (Å²) < 4.78 is 10.3. The summed E-state index contributed by atoms with van der Waals surface area (Å²) >= 11 is 0. The molecule has 2 amide bonds. The predicted molar refractivity (Wildman–Crippen MR) is 106 cm³/mol. The predicted octanol–water partition coefficient (Wildman–Crippen LogP) is 1.02. The van der Waals surface area contributed by atoms with Crippen LogP contribution in [0.2, 0.25) is 0 Å². The van der Waals surface area contributed by atoms with Crippen molar-refractivity contribution in [2.75, 3.05) is 60.1 Å². The number of carbonyl (C=O) groups is 2. The fourth-order valence-electron chi connectivity index (χ4n) is 4.01. The highest BCUT2D eigenvalue weighted by atomic mass is 16.5. The van der Waals surface area contributed by atoms with Gasteiger partial charge in [0.05, 0.1) is 26.2 Å². The maximum absolute atomic E-state index is 12.7. The van der Waals surface area contributed by atoms with Crippen LogP contribution < -0.4 is 4.74 Å². The van der Waals surface area contributed by atoms with Gasteiger partial charge in [0.1, 0.15) is 5.75 Å². The van der Waals surface area contributed by atoms with Gasteiger partial charge in [-0.25, -0.2) is 0 Å². The Labute approximate surface area is 167 Å². The molecule has 0 spiro atoms. The molecule has 2 fully saturated rings. The van der Waals surface area contributed by atoms with Gasteiger partial charge in [-0.3, -0.25) is 14.5 Å². The van der Waals surface area contributed by atoms with Gasteiger partial charge < -0.3 is 19.3 Å². The summed E-state index contributed by atoms with van der Waals surface area (Å²) in [7, 11) is 3.29. The quantitative estimate of drug-likeness (QED) is 0.697. The highest BCUT2D eigenvalue weighted by Gasteiger charge is 2.36. The van der Waals surface area contributed by atoms with Gasteiger partial charge in [0.15, 0.2) is 0 Å². The number of ether oxygens (including phenoxy) is 2. The first-order valence-corrected chi connectivity index (χ1v) is 10.0. The van der Waals surface area contributed by atoms with E-state index in [0.717, 1.165) is 50.3 Å². The Kier molecular flexibility index (Phi) is 7.28. The van der Waals surface area contributed by atoms with Crippen molar-refractivity contribution in [2.24, 2.45) is 0 Å². The van der Waals surface area contributed by atoms with Crippen LogP contribution in [0.5, 0.6) is 5.75 Å². The molecule has 0 bridgehead atoms. The zero-order valence-corrected chi connectivity index (χ0v) is 16.9. The maximum Gasteiger partial charge on any atom is 0.240 e. The molecule has 1 atom stereocenters. The molecule has 28 heavy (non-hydrogen) atoms. The fraction of sp³-hybridized carbons (Fsp3) is 0.619. The number of nitrogens with zero attached hydrogens (tertiary/aromatic N) is 3. The van der Waals surface area contributed by atoms with Crippen LogP contribution >= 0.6 is 0 Å². The van der Waals surface area contributed by atoms with E-state index in [1.165, 1.54) is 0 Å². The molecule has 0 unspecified atom stereocenters. The second-order valence-corrected chi connectivity index (χ2v) is 7.42. The lowest BCUT2D eigenvalue weighted by Gasteiger charge is -2.26. The Hall–Kier alpha value is -2.12. The average molecular weight is 389 g/mol. The van der Waals surface area contributed by atoms with E-state index in [-0.39, 0.29) is 17.9 Å². The number of rotatable bonds is 7. The van der Waals surface area contributed by atoms with Crippen LogP contribution in [-0.4, -0.2) is 92.7 Å². The van der Waals surface area contributed by atoms with Gasteiger partial charge in [0, 0.05) is 46.4 Å². The van der Waals surface area contributed by atoms with Crippen molar-refractivity contribution in [3.63, 3.8) is 0 Å². The molecule has 0 radical (unpaired) electrons. The van der Waals surface area contributed by atoms with Crippen LogP contribution in [0, 0.1) is 0 Å². The van der Waals surface area contributed by atoms with Crippen molar-refractivity contribution in [3.8, 4) is 5.75 Å². The molecule has 0 aromatic heterocycles. The first-order valence-electron chi connectivity index (χ1n) is 10.0. The van der Waals surface area contributed by atoms with Crippen LogP contribution in [0.3, 0.4) is 0 Å². The summed E-state index contributed by atoms with van der Waals surface area (Å²) in [5.41, 5.74) is 0.992. The molecule has 0 saturated carbocycles. The molecule has 2 saturated heterocycles. The Morgan fingerprint density at radius 1 is 1.07 bits per heavy atom. The lowest BCUT2D eigenvalue weighted by molar-refractivity contribution is -0.132. The highest BCUT2D eigenvalue weighted by Crippen LogP contribution is 2.19. The number of hydrogen-bond donors (Lipinski definition) is 0. The second-order valence-electron chi connectivity index (χ2n) is 7.42. The number of carbonyl (C=O) groups excluding carboxylic acids is 2. The summed E-state index contributed by atoms with van der Waals surface area (Å²) in [5, 5.41) is 0. The smallest absolute Gasteiger partial charge is 0.240 e. The molecule has 2 aliphatic heterocycles. The largest absolute Gasteiger partial charge is 0.497 e. The van der Waals surface area contributed by atoms with Gasteiger partial charge in [0.2, 0.25) is 11.8 Å². The normalized spacial score (nSPS) is 21.1. The highest BCUT2D eigenvalue weighted by molar-refractivity contribution is 5.84. The molecule has 1 aromatic rings. The van der Waals surface area contributed by atoms with Crippen molar-refractivity contribution in [3.05, 3.63) is 29.8 Å². The molecular weight excluding hydrogens is 358 g/mol. The number of likely N-dealkylation sites (tertiary alicyclic amines) is 1. The van der Waals surface area contributed by atoms with E-state index in [4.69, 9.17) is 9.47 Å². The minimum absolute atomic E-state index is 0.0477. The topological polar surface area (TPSA) is 62.3 Å². The summed E-state index contributed by atoms with van der Waals surface area (Å²) in [6.45, 7) is 5.07.